The first-order valence-electron chi connectivity index (χ1n) is 13.9. The number of nitrogens with zero attached hydrogens (tertiary/aromatic N) is 4. The predicted octanol–water partition coefficient (Wildman–Crippen LogP) is 3.95. The van der Waals surface area contributed by atoms with Crippen molar-refractivity contribution in [2.75, 3.05) is 18.9 Å². The molecule has 0 unspecified atom stereocenters. The van der Waals surface area contributed by atoms with E-state index in [0.29, 0.717) is 29.5 Å². The lowest BCUT2D eigenvalue weighted by Gasteiger charge is -2.52. The average Bonchev–Trinajstić information content (AvgIpc) is 3.37. The van der Waals surface area contributed by atoms with E-state index in [0.717, 1.165) is 0 Å². The van der Waals surface area contributed by atoms with Crippen molar-refractivity contribution in [1.82, 2.24) is 19.5 Å². The quantitative estimate of drug-likeness (QED) is 0.496. The number of rotatable bonds is 6. The first-order valence-corrected chi connectivity index (χ1v) is 17.8. The molecule has 0 aliphatic carbocycles. The molecule has 13 heteroatoms. The number of nitrogens with two attached hydrogens (primary N) is 1. The van der Waals surface area contributed by atoms with Gasteiger partial charge in [-0.25, -0.2) is 4.98 Å². The number of imidazole rings is 1. The maximum Gasteiger partial charge on any atom is 0.335 e. The highest BCUT2D eigenvalue weighted by molar-refractivity contribution is 6.84. The second-order valence-corrected chi connectivity index (χ2v) is 20.9. The molecule has 38 heavy (non-hydrogen) atoms. The molecule has 2 fully saturated rings. The first kappa shape index (κ1) is 27.9. The average molecular weight is 566 g/mol. The lowest BCUT2D eigenvalue weighted by atomic mass is 9.93. The highest BCUT2D eigenvalue weighted by atomic mass is 28.5. The van der Waals surface area contributed by atoms with Gasteiger partial charge in [0.25, 0.3) is 0 Å². The van der Waals surface area contributed by atoms with Gasteiger partial charge in [0.1, 0.15) is 23.6 Å². The van der Waals surface area contributed by atoms with Crippen LogP contribution in [0.5, 0.6) is 5.88 Å². The Morgan fingerprint density at radius 3 is 2.24 bits per heavy atom. The van der Waals surface area contributed by atoms with Crippen LogP contribution >= 0.6 is 0 Å². The van der Waals surface area contributed by atoms with Gasteiger partial charge in [-0.05, 0) is 29.1 Å². The maximum atomic E-state index is 12.3. The molecule has 3 aliphatic rings. The van der Waals surface area contributed by atoms with Crippen LogP contribution in [-0.2, 0) is 24.1 Å². The minimum absolute atomic E-state index is 0.0757. The Bertz CT molecular complexity index is 1190. The van der Waals surface area contributed by atoms with E-state index in [9.17, 15) is 5.11 Å². The molecule has 2 aromatic rings. The minimum atomic E-state index is -2.94. The van der Waals surface area contributed by atoms with Crippen molar-refractivity contribution in [2.24, 2.45) is 0 Å². The van der Waals surface area contributed by atoms with Gasteiger partial charge in [0.15, 0.2) is 17.4 Å². The highest BCUT2D eigenvalue weighted by Gasteiger charge is 2.68. The second-order valence-electron chi connectivity index (χ2n) is 12.1. The van der Waals surface area contributed by atoms with Crippen LogP contribution in [0.4, 0.5) is 5.95 Å². The van der Waals surface area contributed by atoms with Crippen molar-refractivity contribution in [3.8, 4) is 5.88 Å². The summed E-state index contributed by atoms with van der Waals surface area (Å²) in [5.74, 6) is 1.04. The third-order valence-corrected chi connectivity index (χ3v) is 18.7. The van der Waals surface area contributed by atoms with Gasteiger partial charge >= 0.3 is 17.1 Å². The summed E-state index contributed by atoms with van der Waals surface area (Å²) in [5, 5.41) is 12.3. The molecule has 3 N–H and O–H groups in total. The number of aromatic nitrogens is 4. The van der Waals surface area contributed by atoms with E-state index >= 15 is 0 Å². The van der Waals surface area contributed by atoms with Crippen LogP contribution in [-0.4, -0.2) is 72.8 Å². The lowest BCUT2D eigenvalue weighted by molar-refractivity contribution is -0.0867. The number of hydrogen-bond acceptors (Lipinski definition) is 10. The summed E-state index contributed by atoms with van der Waals surface area (Å²) in [7, 11) is -5.66. The van der Waals surface area contributed by atoms with Crippen LogP contribution in [0.2, 0.25) is 22.2 Å². The summed E-state index contributed by atoms with van der Waals surface area (Å²) in [5.41, 5.74) is 6.36. The highest BCUT2D eigenvalue weighted by Crippen LogP contribution is 2.54. The topological polar surface area (TPSA) is 136 Å². The van der Waals surface area contributed by atoms with Crippen LogP contribution in [0.3, 0.4) is 0 Å². The molecule has 212 valence electrons. The molecular weight excluding hydrogens is 522 g/mol. The summed E-state index contributed by atoms with van der Waals surface area (Å²) in [6.07, 6.45) is -1.64. The molecule has 11 nitrogen and oxygen atoms in total. The van der Waals surface area contributed by atoms with E-state index in [1.54, 1.807) is 0 Å². The monoisotopic (exact) mass is 565 g/mol. The fourth-order valence-corrected chi connectivity index (χ4v) is 17.8. The molecule has 0 aromatic carbocycles. The molecule has 5 heterocycles. The largest absolute Gasteiger partial charge is 0.476 e. The zero-order valence-electron chi connectivity index (χ0n) is 24.0. The van der Waals surface area contributed by atoms with Crippen molar-refractivity contribution in [2.45, 2.75) is 115 Å². The van der Waals surface area contributed by atoms with Crippen molar-refractivity contribution >= 4 is 34.2 Å². The Hall–Kier alpha value is -1.62. The predicted molar refractivity (Wildman–Crippen MR) is 147 cm³/mol. The summed E-state index contributed by atoms with van der Waals surface area (Å²) < 4.78 is 35.5. The standard InChI is InChI=1S/C25H43N5O6Si2/c1-10-32-22-19-21(28-24(26)29-22)30-18(27-19)11-25(31)20-17(34-23(25)30)12-33-37(13(2)3,14(4)5)36-38(35-20,15(6)7)16(8)9/h13-17,20,23,31H,10-12H2,1-9H3,(H2,26,28,29)/t17-,20-,23-,25-/m1/s1. The van der Waals surface area contributed by atoms with Gasteiger partial charge < -0.3 is 33.3 Å². The molecule has 0 saturated carbocycles. The van der Waals surface area contributed by atoms with E-state index in [1.807, 2.05) is 11.5 Å². The molecule has 4 atom stereocenters. The van der Waals surface area contributed by atoms with Gasteiger partial charge in [-0.3, -0.25) is 4.57 Å². The molecular formula is C25H43N5O6Si2. The molecule has 0 spiro atoms. The number of ether oxygens (including phenoxy) is 2. The number of anilines is 1. The smallest absolute Gasteiger partial charge is 0.335 e. The molecule has 0 amide bonds. The molecule has 5 rings (SSSR count). The van der Waals surface area contributed by atoms with Crippen molar-refractivity contribution in [3.05, 3.63) is 5.82 Å². The van der Waals surface area contributed by atoms with Gasteiger partial charge in [0.2, 0.25) is 11.8 Å². The van der Waals surface area contributed by atoms with Gasteiger partial charge in [-0.15, -0.1) is 0 Å². The Kier molecular flexibility index (Phi) is 6.98. The first-order chi connectivity index (χ1) is 17.8. The van der Waals surface area contributed by atoms with E-state index in [1.165, 1.54) is 0 Å². The molecule has 0 bridgehead atoms. The van der Waals surface area contributed by atoms with Crippen LogP contribution in [0, 0.1) is 0 Å². The van der Waals surface area contributed by atoms with Crippen LogP contribution in [0.25, 0.3) is 11.2 Å². The van der Waals surface area contributed by atoms with Gasteiger partial charge in [0.05, 0.1) is 13.2 Å². The van der Waals surface area contributed by atoms with Crippen molar-refractivity contribution < 1.29 is 27.5 Å². The van der Waals surface area contributed by atoms with Gasteiger partial charge in [0, 0.05) is 6.42 Å². The molecule has 0 radical (unpaired) electrons. The lowest BCUT2D eigenvalue weighted by Crippen LogP contribution is -2.67. The van der Waals surface area contributed by atoms with E-state index in [2.05, 4.69) is 65.4 Å². The van der Waals surface area contributed by atoms with E-state index < -0.39 is 41.2 Å². The third-order valence-electron chi connectivity index (χ3n) is 8.44. The minimum Gasteiger partial charge on any atom is -0.476 e. The van der Waals surface area contributed by atoms with Crippen LogP contribution in [0.1, 0.15) is 74.4 Å². The number of aliphatic hydroxyl groups is 1. The Morgan fingerprint density at radius 1 is 1.03 bits per heavy atom. The Labute approximate surface area is 226 Å². The number of nitrogen functional groups attached to an aromatic ring is 1. The summed E-state index contributed by atoms with van der Waals surface area (Å²) in [6.45, 7) is 20.0. The fourth-order valence-electron chi connectivity index (χ4n) is 6.59. The van der Waals surface area contributed by atoms with Gasteiger partial charge in [-0.2, -0.15) is 9.97 Å². The van der Waals surface area contributed by atoms with Crippen molar-refractivity contribution in [1.29, 1.82) is 0 Å². The van der Waals surface area contributed by atoms with Gasteiger partial charge in [-0.1, -0.05) is 55.4 Å². The summed E-state index contributed by atoms with van der Waals surface area (Å²) in [4.78, 5) is 13.4. The van der Waals surface area contributed by atoms with E-state index in [4.69, 9.17) is 33.2 Å². The number of fused-ring (bicyclic) bond motifs is 7. The van der Waals surface area contributed by atoms with Crippen molar-refractivity contribution in [3.63, 3.8) is 0 Å². The normalized spacial score (nSPS) is 30.1. The van der Waals surface area contributed by atoms with E-state index in [-0.39, 0.29) is 41.1 Å². The summed E-state index contributed by atoms with van der Waals surface area (Å²) in [6, 6.07) is 0. The SMILES string of the molecule is CCOc1nc(N)nc2c1nc1n2[C@@H]2O[C@@H]3CO[Si](C(C)C)(C(C)C)O[Si](C(C)C)(C(C)C)O[C@H]3[C@]2(O)C1. The van der Waals surface area contributed by atoms with Crippen LogP contribution < -0.4 is 10.5 Å². The molecule has 2 saturated heterocycles. The zero-order chi connectivity index (χ0) is 27.8. The zero-order valence-corrected chi connectivity index (χ0v) is 26.0. The van der Waals surface area contributed by atoms with Crippen LogP contribution in [0.15, 0.2) is 0 Å². The molecule has 2 aromatic heterocycles. The maximum absolute atomic E-state index is 12.3. The Morgan fingerprint density at radius 2 is 1.66 bits per heavy atom. The number of hydrogen-bond donors (Lipinski definition) is 2. The molecule has 3 aliphatic heterocycles. The summed E-state index contributed by atoms with van der Waals surface area (Å²) >= 11 is 0. The second kappa shape index (κ2) is 9.49. The Balaban J connectivity index is 1.62. The fraction of sp³-hybridized carbons (Fsp3) is 0.800. The third kappa shape index (κ3) is 3.88.